The molecule has 3 aliphatic rings. The van der Waals surface area contributed by atoms with E-state index in [4.69, 9.17) is 23.7 Å². The molecule has 0 unspecified atom stereocenters. The molecule has 1 N–H and O–H groups in total. The van der Waals surface area contributed by atoms with Gasteiger partial charge in [0.1, 0.15) is 18.3 Å². The number of hydrogen-bond donors (Lipinski definition) is 1. The number of thiazole rings is 1. The van der Waals surface area contributed by atoms with Crippen LogP contribution in [0.1, 0.15) is 27.7 Å². The minimum atomic E-state index is -0.876. The molecule has 8 nitrogen and oxygen atoms in total. The predicted octanol–water partition coefficient (Wildman–Crippen LogP) is 1.48. The first-order chi connectivity index (χ1) is 11.2. The fourth-order valence-corrected chi connectivity index (χ4v) is 3.82. The number of carbonyl (C=O) groups excluding carboxylic acids is 1. The van der Waals surface area contributed by atoms with Gasteiger partial charge < -0.3 is 23.7 Å². The standard InChI is InChI=1S/C15H20N2O6S/c1-14(2)20-7-8(21-14)10-12(23-15(3,4)22-10)19-9(7)11(18)17-13-16-5-6-24-13/h5-10,12H,1-4H3,(H,16,17,18)/t7-,8+,9-,10-,12+/m1/s1. The molecule has 3 fully saturated rings. The van der Waals surface area contributed by atoms with Crippen LogP contribution in [-0.4, -0.2) is 53.2 Å². The maximum atomic E-state index is 12.7. The average molecular weight is 356 g/mol. The van der Waals surface area contributed by atoms with Crippen LogP contribution in [0.25, 0.3) is 0 Å². The lowest BCUT2D eigenvalue weighted by atomic mass is 9.98. The molecular formula is C15H20N2O6S. The molecule has 132 valence electrons. The molecule has 3 aliphatic heterocycles. The first kappa shape index (κ1) is 16.4. The Morgan fingerprint density at radius 1 is 1.08 bits per heavy atom. The van der Waals surface area contributed by atoms with Crippen LogP contribution in [0, 0.1) is 0 Å². The maximum absolute atomic E-state index is 12.7. The average Bonchev–Trinajstić information content (AvgIpc) is 3.13. The fraction of sp³-hybridized carbons (Fsp3) is 0.733. The first-order valence-electron chi connectivity index (χ1n) is 7.81. The number of nitrogens with zero attached hydrogens (tertiary/aromatic N) is 1. The van der Waals surface area contributed by atoms with Crippen LogP contribution in [0.4, 0.5) is 5.13 Å². The normalized spacial score (nSPS) is 39.2. The third-order valence-corrected chi connectivity index (χ3v) is 4.76. The number of amides is 1. The quantitative estimate of drug-likeness (QED) is 0.858. The van der Waals surface area contributed by atoms with Crippen molar-refractivity contribution in [1.29, 1.82) is 0 Å². The molecule has 0 bridgehead atoms. The molecule has 5 atom stereocenters. The first-order valence-corrected chi connectivity index (χ1v) is 8.69. The van der Waals surface area contributed by atoms with Crippen LogP contribution in [0.3, 0.4) is 0 Å². The molecule has 4 rings (SSSR count). The Bertz CT molecular complexity index is 634. The topological polar surface area (TPSA) is 88.1 Å². The number of rotatable bonds is 2. The van der Waals surface area contributed by atoms with E-state index in [1.54, 1.807) is 39.3 Å². The van der Waals surface area contributed by atoms with E-state index in [2.05, 4.69) is 10.3 Å². The number of nitrogens with one attached hydrogen (secondary N) is 1. The number of aromatic nitrogens is 1. The number of hydrogen-bond acceptors (Lipinski definition) is 8. The van der Waals surface area contributed by atoms with Crippen LogP contribution in [-0.2, 0) is 28.5 Å². The number of carbonyl (C=O) groups is 1. The summed E-state index contributed by atoms with van der Waals surface area (Å²) in [6.07, 6.45) is -1.43. The van der Waals surface area contributed by atoms with Crippen LogP contribution < -0.4 is 5.32 Å². The van der Waals surface area contributed by atoms with Gasteiger partial charge in [0, 0.05) is 11.6 Å². The van der Waals surface area contributed by atoms with Crippen LogP contribution in [0.15, 0.2) is 11.6 Å². The molecule has 0 aliphatic carbocycles. The highest BCUT2D eigenvalue weighted by atomic mass is 32.1. The summed E-state index contributed by atoms with van der Waals surface area (Å²) in [5, 5.41) is 5.03. The van der Waals surface area contributed by atoms with Crippen molar-refractivity contribution in [1.82, 2.24) is 4.98 Å². The van der Waals surface area contributed by atoms with Crippen LogP contribution in [0.5, 0.6) is 0 Å². The summed E-state index contributed by atoms with van der Waals surface area (Å²) in [6, 6.07) is 0. The molecule has 1 aromatic rings. The van der Waals surface area contributed by atoms with E-state index in [0.29, 0.717) is 5.13 Å². The summed E-state index contributed by atoms with van der Waals surface area (Å²) in [5.74, 6) is -1.98. The summed E-state index contributed by atoms with van der Waals surface area (Å²) in [6.45, 7) is 7.21. The maximum Gasteiger partial charge on any atom is 0.258 e. The van der Waals surface area contributed by atoms with Gasteiger partial charge in [-0.05, 0) is 27.7 Å². The van der Waals surface area contributed by atoms with Gasteiger partial charge >= 0.3 is 0 Å². The third kappa shape index (κ3) is 2.85. The van der Waals surface area contributed by atoms with E-state index in [0.717, 1.165) is 0 Å². The number of anilines is 1. The Balaban J connectivity index is 1.59. The molecule has 3 saturated heterocycles. The molecule has 24 heavy (non-hydrogen) atoms. The zero-order valence-corrected chi connectivity index (χ0v) is 14.7. The Hall–Kier alpha value is -1.10. The zero-order valence-electron chi connectivity index (χ0n) is 13.8. The van der Waals surface area contributed by atoms with Gasteiger partial charge in [-0.2, -0.15) is 0 Å². The molecular weight excluding hydrogens is 336 g/mol. The van der Waals surface area contributed by atoms with Crippen molar-refractivity contribution in [3.63, 3.8) is 0 Å². The van der Waals surface area contributed by atoms with Gasteiger partial charge in [0.15, 0.2) is 29.1 Å². The van der Waals surface area contributed by atoms with Gasteiger partial charge in [0.2, 0.25) is 0 Å². The molecule has 1 aromatic heterocycles. The van der Waals surface area contributed by atoms with Crippen molar-refractivity contribution >= 4 is 22.4 Å². The van der Waals surface area contributed by atoms with Gasteiger partial charge in [-0.3, -0.25) is 10.1 Å². The molecule has 0 aromatic carbocycles. The lowest BCUT2D eigenvalue weighted by Gasteiger charge is -2.36. The smallest absolute Gasteiger partial charge is 0.258 e. The second-order valence-electron chi connectivity index (χ2n) is 6.92. The summed E-state index contributed by atoms with van der Waals surface area (Å²) < 4.78 is 29.4. The third-order valence-electron chi connectivity index (χ3n) is 4.08. The molecule has 0 radical (unpaired) electrons. The number of ether oxygens (including phenoxy) is 5. The van der Waals surface area contributed by atoms with Crippen molar-refractivity contribution in [2.45, 2.75) is 70.0 Å². The largest absolute Gasteiger partial charge is 0.342 e. The second kappa shape index (κ2) is 5.45. The number of fused-ring (bicyclic) bond motifs is 3. The molecule has 9 heteroatoms. The van der Waals surface area contributed by atoms with Crippen LogP contribution in [0.2, 0.25) is 0 Å². The Labute approximate surface area is 143 Å². The van der Waals surface area contributed by atoms with Crippen LogP contribution >= 0.6 is 11.3 Å². The van der Waals surface area contributed by atoms with Crippen molar-refractivity contribution in [2.75, 3.05) is 5.32 Å². The molecule has 1 amide bonds. The Morgan fingerprint density at radius 3 is 2.46 bits per heavy atom. The predicted molar refractivity (Wildman–Crippen MR) is 83.3 cm³/mol. The van der Waals surface area contributed by atoms with E-state index in [1.165, 1.54) is 11.3 Å². The lowest BCUT2D eigenvalue weighted by Crippen LogP contribution is -2.58. The molecule has 4 heterocycles. The van der Waals surface area contributed by atoms with E-state index >= 15 is 0 Å². The van der Waals surface area contributed by atoms with E-state index in [-0.39, 0.29) is 5.91 Å². The molecule has 0 spiro atoms. The van der Waals surface area contributed by atoms with E-state index < -0.39 is 42.3 Å². The highest BCUT2D eigenvalue weighted by Gasteiger charge is 2.62. The van der Waals surface area contributed by atoms with Crippen molar-refractivity contribution in [3.05, 3.63) is 11.6 Å². The minimum Gasteiger partial charge on any atom is -0.342 e. The Kier molecular flexibility index (Phi) is 3.72. The Morgan fingerprint density at radius 2 is 1.75 bits per heavy atom. The second-order valence-corrected chi connectivity index (χ2v) is 7.81. The summed E-state index contributed by atoms with van der Waals surface area (Å²) in [5.41, 5.74) is 0. The van der Waals surface area contributed by atoms with E-state index in [9.17, 15) is 4.79 Å². The van der Waals surface area contributed by atoms with Gasteiger partial charge in [-0.25, -0.2) is 4.98 Å². The summed E-state index contributed by atoms with van der Waals surface area (Å²) >= 11 is 1.33. The van der Waals surface area contributed by atoms with Gasteiger partial charge in [-0.15, -0.1) is 11.3 Å². The van der Waals surface area contributed by atoms with Crippen molar-refractivity contribution in [2.24, 2.45) is 0 Å². The SMILES string of the molecule is CC1(C)O[C@H]2[C@@H](O1)[C@H](C(=O)Nc1nccs1)O[C@H]1OC(C)(C)O[C@@H]12. The van der Waals surface area contributed by atoms with Gasteiger partial charge in [-0.1, -0.05) is 0 Å². The summed E-state index contributed by atoms with van der Waals surface area (Å²) in [4.78, 5) is 16.7. The zero-order chi connectivity index (χ0) is 17.1. The summed E-state index contributed by atoms with van der Waals surface area (Å²) in [7, 11) is 0. The van der Waals surface area contributed by atoms with Gasteiger partial charge in [0.05, 0.1) is 0 Å². The highest BCUT2D eigenvalue weighted by molar-refractivity contribution is 7.13. The highest BCUT2D eigenvalue weighted by Crippen LogP contribution is 2.44. The monoisotopic (exact) mass is 356 g/mol. The fourth-order valence-electron chi connectivity index (χ4n) is 3.29. The molecule has 0 saturated carbocycles. The van der Waals surface area contributed by atoms with Gasteiger partial charge in [0.25, 0.3) is 5.91 Å². The van der Waals surface area contributed by atoms with Crippen molar-refractivity contribution < 1.29 is 28.5 Å². The minimum absolute atomic E-state index is 0.340. The lowest BCUT2D eigenvalue weighted by molar-refractivity contribution is -0.229. The van der Waals surface area contributed by atoms with Crippen molar-refractivity contribution in [3.8, 4) is 0 Å². The van der Waals surface area contributed by atoms with E-state index in [1.807, 2.05) is 0 Å².